The number of rotatable bonds is 10. The highest BCUT2D eigenvalue weighted by Gasteiger charge is 2.25. The van der Waals surface area contributed by atoms with Crippen molar-refractivity contribution in [3.05, 3.63) is 29.8 Å². The highest BCUT2D eigenvalue weighted by molar-refractivity contribution is 5.31. The van der Waals surface area contributed by atoms with Gasteiger partial charge in [-0.25, -0.2) is 0 Å². The van der Waals surface area contributed by atoms with Gasteiger partial charge in [0.2, 0.25) is 0 Å². The molecule has 0 spiro atoms. The van der Waals surface area contributed by atoms with Gasteiger partial charge in [0.25, 0.3) is 0 Å². The van der Waals surface area contributed by atoms with Crippen molar-refractivity contribution in [3.63, 3.8) is 0 Å². The van der Waals surface area contributed by atoms with E-state index in [1.807, 2.05) is 12.1 Å². The average Bonchev–Trinajstić information content (AvgIpc) is 2.52. The van der Waals surface area contributed by atoms with Crippen LogP contribution in [-0.2, 0) is 0 Å². The maximum absolute atomic E-state index is 9.38. The van der Waals surface area contributed by atoms with Gasteiger partial charge in [0.05, 0.1) is 19.8 Å². The first-order valence-corrected chi connectivity index (χ1v) is 7.92. The third-order valence-electron chi connectivity index (χ3n) is 3.89. The Hall–Kier alpha value is -1.10. The summed E-state index contributed by atoms with van der Waals surface area (Å²) in [4.78, 5) is 2.30. The zero-order chi connectivity index (χ0) is 15.7. The third-order valence-corrected chi connectivity index (χ3v) is 3.89. The van der Waals surface area contributed by atoms with E-state index in [2.05, 4.69) is 30.9 Å². The molecular weight excluding hydrogens is 264 g/mol. The lowest BCUT2D eigenvalue weighted by atomic mass is 9.95. The van der Waals surface area contributed by atoms with Crippen LogP contribution in [-0.4, -0.2) is 42.9 Å². The Bertz CT molecular complexity index is 398. The fourth-order valence-electron chi connectivity index (χ4n) is 2.66. The van der Waals surface area contributed by atoms with Crippen LogP contribution in [0.4, 0.5) is 0 Å². The summed E-state index contributed by atoms with van der Waals surface area (Å²) in [7, 11) is 1.68. The molecule has 0 aliphatic carbocycles. The minimum absolute atomic E-state index is 0.0421. The molecule has 2 unspecified atom stereocenters. The number of hydrogen-bond donors (Lipinski definition) is 2. The van der Waals surface area contributed by atoms with Crippen molar-refractivity contribution in [2.45, 2.75) is 45.2 Å². The summed E-state index contributed by atoms with van der Waals surface area (Å²) >= 11 is 0. The Morgan fingerprint density at radius 2 is 2.05 bits per heavy atom. The maximum atomic E-state index is 9.38. The van der Waals surface area contributed by atoms with Crippen LogP contribution in [0.15, 0.2) is 24.3 Å². The van der Waals surface area contributed by atoms with Crippen molar-refractivity contribution in [3.8, 4) is 5.75 Å². The largest absolute Gasteiger partial charge is 0.497 e. The molecular formula is C17H30N2O2. The first-order chi connectivity index (χ1) is 10.2. The van der Waals surface area contributed by atoms with Crippen LogP contribution in [0.5, 0.6) is 5.75 Å². The molecule has 4 nitrogen and oxygen atoms in total. The molecule has 0 radical (unpaired) electrons. The number of nitrogens with zero attached hydrogens (tertiary/aromatic N) is 1. The topological polar surface area (TPSA) is 58.7 Å². The van der Waals surface area contributed by atoms with E-state index in [0.29, 0.717) is 6.54 Å². The maximum Gasteiger partial charge on any atom is 0.119 e. The lowest BCUT2D eigenvalue weighted by Crippen LogP contribution is -2.42. The summed E-state index contributed by atoms with van der Waals surface area (Å²) in [6.45, 7) is 6.04. The molecule has 4 heteroatoms. The first-order valence-electron chi connectivity index (χ1n) is 7.92. The van der Waals surface area contributed by atoms with Crippen LogP contribution < -0.4 is 10.5 Å². The van der Waals surface area contributed by atoms with Gasteiger partial charge in [0, 0.05) is 12.6 Å². The molecule has 21 heavy (non-hydrogen) atoms. The molecule has 0 fully saturated rings. The van der Waals surface area contributed by atoms with Crippen molar-refractivity contribution < 1.29 is 9.84 Å². The molecule has 0 aliphatic heterocycles. The van der Waals surface area contributed by atoms with Crippen LogP contribution in [0.25, 0.3) is 0 Å². The molecule has 120 valence electrons. The fourth-order valence-corrected chi connectivity index (χ4v) is 2.66. The van der Waals surface area contributed by atoms with Gasteiger partial charge in [-0.3, -0.25) is 4.90 Å². The number of aliphatic hydroxyl groups excluding tert-OH is 1. The summed E-state index contributed by atoms with van der Waals surface area (Å²) in [5.74, 6) is 0.847. The standard InChI is InChI=1S/C17H30N2O2/c1-4-6-10-19(11-12-20)17(16(18)5-2)14-8-7-9-15(13-14)21-3/h7-9,13,16-17,20H,4-6,10-12,18H2,1-3H3. The number of ether oxygens (including phenoxy) is 1. The third kappa shape index (κ3) is 5.30. The Labute approximate surface area is 128 Å². The highest BCUT2D eigenvalue weighted by atomic mass is 16.5. The van der Waals surface area contributed by atoms with Crippen molar-refractivity contribution >= 4 is 0 Å². The van der Waals surface area contributed by atoms with E-state index in [0.717, 1.165) is 37.1 Å². The van der Waals surface area contributed by atoms with Gasteiger partial charge in [-0.15, -0.1) is 0 Å². The molecule has 0 bridgehead atoms. The monoisotopic (exact) mass is 294 g/mol. The lowest BCUT2D eigenvalue weighted by molar-refractivity contribution is 0.130. The summed E-state index contributed by atoms with van der Waals surface area (Å²) < 4.78 is 5.33. The number of nitrogens with two attached hydrogens (primary N) is 1. The predicted octanol–water partition coefficient (Wildman–Crippen LogP) is 2.57. The Morgan fingerprint density at radius 1 is 1.29 bits per heavy atom. The summed E-state index contributed by atoms with van der Waals surface area (Å²) in [6.07, 6.45) is 3.14. The molecule has 0 saturated heterocycles. The number of benzene rings is 1. The second-order valence-corrected chi connectivity index (χ2v) is 5.41. The van der Waals surface area contributed by atoms with Gasteiger partial charge in [-0.1, -0.05) is 32.4 Å². The SMILES string of the molecule is CCCCN(CCO)C(c1cccc(OC)c1)C(N)CC. The average molecular weight is 294 g/mol. The zero-order valence-electron chi connectivity index (χ0n) is 13.6. The lowest BCUT2D eigenvalue weighted by Gasteiger charge is -2.35. The normalized spacial score (nSPS) is 14.2. The van der Waals surface area contributed by atoms with E-state index < -0.39 is 0 Å². The summed E-state index contributed by atoms with van der Waals surface area (Å²) in [5, 5.41) is 9.38. The molecule has 0 aliphatic rings. The Kier molecular flexibility index (Phi) is 8.35. The van der Waals surface area contributed by atoms with Crippen molar-refractivity contribution in [2.24, 2.45) is 5.73 Å². The van der Waals surface area contributed by atoms with Crippen LogP contribution in [0.3, 0.4) is 0 Å². The van der Waals surface area contributed by atoms with Crippen molar-refractivity contribution in [1.82, 2.24) is 4.90 Å². The molecule has 2 atom stereocenters. The van der Waals surface area contributed by atoms with Gasteiger partial charge in [-0.2, -0.15) is 0 Å². The van der Waals surface area contributed by atoms with Crippen LogP contribution in [0.1, 0.15) is 44.7 Å². The second kappa shape index (κ2) is 9.77. The summed E-state index contributed by atoms with van der Waals surface area (Å²) in [5.41, 5.74) is 7.54. The molecule has 0 amide bonds. The smallest absolute Gasteiger partial charge is 0.119 e. The van der Waals surface area contributed by atoms with Crippen molar-refractivity contribution in [2.75, 3.05) is 26.8 Å². The predicted molar refractivity (Wildman–Crippen MR) is 87.6 cm³/mol. The molecule has 3 N–H and O–H groups in total. The Morgan fingerprint density at radius 3 is 2.62 bits per heavy atom. The van der Waals surface area contributed by atoms with E-state index >= 15 is 0 Å². The quantitative estimate of drug-likeness (QED) is 0.696. The summed E-state index contributed by atoms with van der Waals surface area (Å²) in [6, 6.07) is 8.25. The van der Waals surface area contributed by atoms with E-state index in [4.69, 9.17) is 10.5 Å². The zero-order valence-corrected chi connectivity index (χ0v) is 13.6. The molecule has 0 heterocycles. The first kappa shape index (κ1) is 18.0. The van der Waals surface area contributed by atoms with Crippen LogP contribution >= 0.6 is 0 Å². The molecule has 1 aromatic rings. The van der Waals surface area contributed by atoms with Gasteiger partial charge >= 0.3 is 0 Å². The van der Waals surface area contributed by atoms with E-state index in [1.165, 1.54) is 0 Å². The van der Waals surface area contributed by atoms with Crippen LogP contribution in [0, 0.1) is 0 Å². The number of unbranched alkanes of at least 4 members (excludes halogenated alkanes) is 1. The van der Waals surface area contributed by atoms with Crippen molar-refractivity contribution in [1.29, 1.82) is 0 Å². The number of hydrogen-bond acceptors (Lipinski definition) is 4. The Balaban J connectivity index is 3.05. The van der Waals surface area contributed by atoms with Gasteiger partial charge in [-0.05, 0) is 37.1 Å². The second-order valence-electron chi connectivity index (χ2n) is 5.41. The minimum atomic E-state index is 0.0421. The van der Waals surface area contributed by atoms with E-state index in [9.17, 15) is 5.11 Å². The van der Waals surface area contributed by atoms with E-state index in [1.54, 1.807) is 7.11 Å². The molecule has 0 aromatic heterocycles. The van der Waals surface area contributed by atoms with E-state index in [-0.39, 0.29) is 18.7 Å². The number of methoxy groups -OCH3 is 1. The van der Waals surface area contributed by atoms with Crippen LogP contribution in [0.2, 0.25) is 0 Å². The molecule has 0 saturated carbocycles. The fraction of sp³-hybridized carbons (Fsp3) is 0.647. The van der Waals surface area contributed by atoms with Gasteiger partial charge < -0.3 is 15.6 Å². The van der Waals surface area contributed by atoms with Gasteiger partial charge in [0.1, 0.15) is 5.75 Å². The molecule has 1 rings (SSSR count). The minimum Gasteiger partial charge on any atom is -0.497 e. The highest BCUT2D eigenvalue weighted by Crippen LogP contribution is 2.28. The molecule has 1 aromatic carbocycles. The van der Waals surface area contributed by atoms with Gasteiger partial charge in [0.15, 0.2) is 0 Å². The number of aliphatic hydroxyl groups is 1.